The van der Waals surface area contributed by atoms with Gasteiger partial charge in [0.25, 0.3) is 0 Å². The van der Waals surface area contributed by atoms with Crippen molar-refractivity contribution in [1.29, 1.82) is 0 Å². The van der Waals surface area contributed by atoms with Crippen LogP contribution in [0.2, 0.25) is 0 Å². The van der Waals surface area contributed by atoms with Crippen molar-refractivity contribution in [3.05, 3.63) is 71.8 Å². The topological polar surface area (TPSA) is 71.1 Å². The van der Waals surface area contributed by atoms with E-state index in [4.69, 9.17) is 18.7 Å². The second-order valence-electron chi connectivity index (χ2n) is 7.86. The summed E-state index contributed by atoms with van der Waals surface area (Å²) in [6.45, 7) is 5.70. The zero-order chi connectivity index (χ0) is 21.6. The summed E-state index contributed by atoms with van der Waals surface area (Å²) in [5, 5.41) is 0. The highest BCUT2D eigenvalue weighted by Gasteiger charge is 2.46. The Morgan fingerprint density at radius 1 is 0.900 bits per heavy atom. The van der Waals surface area contributed by atoms with E-state index in [1.807, 2.05) is 67.6 Å². The Kier molecular flexibility index (Phi) is 7.84. The fraction of sp³-hybridized carbons (Fsp3) is 0.435. The van der Waals surface area contributed by atoms with Crippen LogP contribution in [0.3, 0.4) is 0 Å². The molecule has 7 heteroatoms. The molecule has 0 aliphatic carbocycles. The van der Waals surface area contributed by atoms with Gasteiger partial charge in [-0.2, -0.15) is 0 Å². The minimum atomic E-state index is -2.69. The standard InChI is InChI=1S/C23H29O6P/c1-17-20(16-28-30(2,3)25)29-23(24)22(27-15-19-12-8-5-9-13-19)21(17)26-14-18-10-6-4-7-11-18/h4-13,17,20-22H,14-16H2,1-3H3/t17-,20?,21+,22?/m1/s1. The number of carbonyl (C=O) groups excluding carboxylic acids is 1. The largest absolute Gasteiger partial charge is 0.458 e. The fourth-order valence-electron chi connectivity index (χ4n) is 3.31. The molecule has 30 heavy (non-hydrogen) atoms. The Morgan fingerprint density at radius 2 is 1.43 bits per heavy atom. The van der Waals surface area contributed by atoms with Gasteiger partial charge in [-0.1, -0.05) is 67.6 Å². The number of hydrogen-bond acceptors (Lipinski definition) is 6. The first-order chi connectivity index (χ1) is 14.3. The monoisotopic (exact) mass is 432 g/mol. The van der Waals surface area contributed by atoms with Crippen LogP contribution in [0.5, 0.6) is 0 Å². The van der Waals surface area contributed by atoms with E-state index in [1.165, 1.54) is 13.3 Å². The number of carbonyl (C=O) groups is 1. The number of benzene rings is 2. The zero-order valence-electron chi connectivity index (χ0n) is 17.6. The molecule has 0 radical (unpaired) electrons. The minimum Gasteiger partial charge on any atom is -0.458 e. The third kappa shape index (κ3) is 6.51. The van der Waals surface area contributed by atoms with Gasteiger partial charge in [-0.25, -0.2) is 4.79 Å². The smallest absolute Gasteiger partial charge is 0.338 e. The molecule has 0 bridgehead atoms. The van der Waals surface area contributed by atoms with E-state index >= 15 is 0 Å². The maximum absolute atomic E-state index is 12.8. The summed E-state index contributed by atoms with van der Waals surface area (Å²) in [6, 6.07) is 19.4. The number of hydrogen-bond donors (Lipinski definition) is 0. The molecule has 1 aliphatic rings. The van der Waals surface area contributed by atoms with Crippen LogP contribution in [0.25, 0.3) is 0 Å². The Bertz CT molecular complexity index is 851. The molecular formula is C23H29O6P. The SMILES string of the molecule is C[C@@H]1C(COP(C)(C)=O)OC(=O)C(OCc2ccccc2)[C@H]1OCc1ccccc1. The van der Waals surface area contributed by atoms with Crippen molar-refractivity contribution < 1.29 is 28.1 Å². The summed E-state index contributed by atoms with van der Waals surface area (Å²) in [6.07, 6.45) is -1.92. The molecule has 162 valence electrons. The van der Waals surface area contributed by atoms with Crippen molar-refractivity contribution in [2.24, 2.45) is 5.92 Å². The van der Waals surface area contributed by atoms with E-state index < -0.39 is 31.7 Å². The molecule has 1 saturated heterocycles. The lowest BCUT2D eigenvalue weighted by atomic mass is 9.91. The first-order valence-electron chi connectivity index (χ1n) is 10.0. The second-order valence-corrected chi connectivity index (χ2v) is 10.6. The Labute approximate surface area is 177 Å². The lowest BCUT2D eigenvalue weighted by molar-refractivity contribution is -0.210. The predicted molar refractivity (Wildman–Crippen MR) is 114 cm³/mol. The number of esters is 1. The maximum Gasteiger partial charge on any atom is 0.338 e. The van der Waals surface area contributed by atoms with Gasteiger partial charge in [-0.05, 0) is 11.1 Å². The van der Waals surface area contributed by atoms with Crippen molar-refractivity contribution in [1.82, 2.24) is 0 Å². The van der Waals surface area contributed by atoms with Crippen molar-refractivity contribution in [3.8, 4) is 0 Å². The van der Waals surface area contributed by atoms with Crippen LogP contribution in [-0.2, 0) is 41.3 Å². The van der Waals surface area contributed by atoms with Gasteiger partial charge in [0.1, 0.15) is 12.2 Å². The van der Waals surface area contributed by atoms with Gasteiger partial charge in [0.2, 0.25) is 0 Å². The quantitative estimate of drug-likeness (QED) is 0.435. The van der Waals surface area contributed by atoms with Crippen molar-refractivity contribution in [2.45, 2.75) is 38.4 Å². The third-order valence-corrected chi connectivity index (χ3v) is 5.78. The van der Waals surface area contributed by atoms with Gasteiger partial charge in [-0.15, -0.1) is 0 Å². The summed E-state index contributed by atoms with van der Waals surface area (Å²) >= 11 is 0. The first-order valence-corrected chi connectivity index (χ1v) is 12.6. The molecule has 0 amide bonds. The van der Waals surface area contributed by atoms with Crippen LogP contribution < -0.4 is 0 Å². The van der Waals surface area contributed by atoms with E-state index in [9.17, 15) is 9.36 Å². The molecule has 1 aliphatic heterocycles. The van der Waals surface area contributed by atoms with Crippen molar-refractivity contribution in [3.63, 3.8) is 0 Å². The highest BCUT2D eigenvalue weighted by Crippen LogP contribution is 2.39. The number of ether oxygens (including phenoxy) is 3. The Morgan fingerprint density at radius 3 is 1.97 bits per heavy atom. The summed E-state index contributed by atoms with van der Waals surface area (Å²) in [5.74, 6) is -0.684. The zero-order valence-corrected chi connectivity index (χ0v) is 18.5. The number of rotatable bonds is 9. The molecule has 0 aromatic heterocycles. The van der Waals surface area contributed by atoms with Crippen LogP contribution in [0, 0.1) is 5.92 Å². The van der Waals surface area contributed by atoms with Gasteiger partial charge < -0.3 is 18.7 Å². The molecular weight excluding hydrogens is 403 g/mol. The van der Waals surface area contributed by atoms with Crippen LogP contribution in [0.15, 0.2) is 60.7 Å². The third-order valence-electron chi connectivity index (χ3n) is 5.01. The van der Waals surface area contributed by atoms with Gasteiger partial charge in [0, 0.05) is 19.2 Å². The average Bonchev–Trinajstić information content (AvgIpc) is 2.73. The summed E-state index contributed by atoms with van der Waals surface area (Å²) < 4.78 is 35.1. The van der Waals surface area contributed by atoms with Gasteiger partial charge in [0.15, 0.2) is 13.5 Å². The molecule has 2 aromatic carbocycles. The van der Waals surface area contributed by atoms with Crippen molar-refractivity contribution >= 4 is 13.3 Å². The van der Waals surface area contributed by atoms with Crippen molar-refractivity contribution in [2.75, 3.05) is 19.9 Å². The van der Waals surface area contributed by atoms with Crippen LogP contribution in [0.1, 0.15) is 18.1 Å². The summed E-state index contributed by atoms with van der Waals surface area (Å²) in [5.41, 5.74) is 1.97. The molecule has 0 saturated carbocycles. The predicted octanol–water partition coefficient (Wildman–Crippen LogP) is 4.27. The van der Waals surface area contributed by atoms with Gasteiger partial charge in [-0.3, -0.25) is 4.57 Å². The average molecular weight is 432 g/mol. The molecule has 3 rings (SSSR count). The van der Waals surface area contributed by atoms with Crippen LogP contribution >= 0.6 is 7.37 Å². The molecule has 0 spiro atoms. The van der Waals surface area contributed by atoms with Gasteiger partial charge >= 0.3 is 5.97 Å². The number of cyclic esters (lactones) is 1. The molecule has 1 fully saturated rings. The van der Waals surface area contributed by atoms with E-state index in [1.54, 1.807) is 0 Å². The highest BCUT2D eigenvalue weighted by molar-refractivity contribution is 7.57. The lowest BCUT2D eigenvalue weighted by Crippen LogP contribution is -2.54. The minimum absolute atomic E-state index is 0.0633. The Balaban J connectivity index is 1.72. The summed E-state index contributed by atoms with van der Waals surface area (Å²) in [4.78, 5) is 12.8. The van der Waals surface area contributed by atoms with Crippen LogP contribution in [-0.4, -0.2) is 44.2 Å². The maximum atomic E-state index is 12.8. The lowest BCUT2D eigenvalue weighted by Gasteiger charge is -2.39. The molecule has 1 heterocycles. The molecule has 2 unspecified atom stereocenters. The molecule has 4 atom stereocenters. The summed E-state index contributed by atoms with van der Waals surface area (Å²) in [7, 11) is -2.69. The van der Waals surface area contributed by atoms with E-state index in [2.05, 4.69) is 0 Å². The molecule has 6 nitrogen and oxygen atoms in total. The van der Waals surface area contributed by atoms with Gasteiger partial charge in [0.05, 0.1) is 19.8 Å². The second kappa shape index (κ2) is 10.4. The van der Waals surface area contributed by atoms with E-state index in [0.29, 0.717) is 6.61 Å². The Hall–Kier alpha value is -1.98. The normalized spacial score (nSPS) is 24.4. The highest BCUT2D eigenvalue weighted by atomic mass is 31.2. The van der Waals surface area contributed by atoms with Crippen LogP contribution in [0.4, 0.5) is 0 Å². The molecule has 0 N–H and O–H groups in total. The van der Waals surface area contributed by atoms with E-state index in [-0.39, 0.29) is 19.1 Å². The van der Waals surface area contributed by atoms with E-state index in [0.717, 1.165) is 11.1 Å². The first kappa shape index (κ1) is 22.7. The fourth-order valence-corrected chi connectivity index (χ4v) is 3.82. The molecule has 2 aromatic rings.